The highest BCUT2D eigenvalue weighted by Crippen LogP contribution is 2.26. The molecule has 3 rings (SSSR count). The SMILES string of the molecule is O=c1[nH]c(C2=CCCCC2)cc2ccccc12. The van der Waals surface area contributed by atoms with Crippen molar-refractivity contribution in [2.75, 3.05) is 0 Å². The smallest absolute Gasteiger partial charge is 0.256 e. The monoisotopic (exact) mass is 225 g/mol. The van der Waals surface area contributed by atoms with Crippen LogP contribution in [0.4, 0.5) is 0 Å². The van der Waals surface area contributed by atoms with Gasteiger partial charge in [-0.05, 0) is 48.8 Å². The van der Waals surface area contributed by atoms with E-state index < -0.39 is 0 Å². The van der Waals surface area contributed by atoms with Crippen LogP contribution in [-0.4, -0.2) is 4.98 Å². The number of nitrogens with one attached hydrogen (secondary N) is 1. The first-order valence-corrected chi connectivity index (χ1v) is 6.16. The minimum Gasteiger partial charge on any atom is -0.322 e. The zero-order valence-electron chi connectivity index (χ0n) is 9.70. The number of H-pyrrole nitrogens is 1. The average molecular weight is 225 g/mol. The third-order valence-corrected chi connectivity index (χ3v) is 3.39. The van der Waals surface area contributed by atoms with E-state index in [0.29, 0.717) is 0 Å². The molecule has 0 amide bonds. The summed E-state index contributed by atoms with van der Waals surface area (Å²) >= 11 is 0. The van der Waals surface area contributed by atoms with Crippen molar-refractivity contribution < 1.29 is 0 Å². The minimum absolute atomic E-state index is 0.0181. The molecule has 86 valence electrons. The molecule has 1 heterocycles. The number of pyridine rings is 1. The third kappa shape index (κ3) is 1.91. The summed E-state index contributed by atoms with van der Waals surface area (Å²) in [7, 11) is 0. The maximum atomic E-state index is 12.0. The van der Waals surface area contributed by atoms with E-state index in [1.54, 1.807) is 0 Å². The van der Waals surface area contributed by atoms with Crippen LogP contribution in [0.15, 0.2) is 41.2 Å². The summed E-state index contributed by atoms with van der Waals surface area (Å²) < 4.78 is 0. The van der Waals surface area contributed by atoms with Gasteiger partial charge in [0.25, 0.3) is 5.56 Å². The molecule has 2 nitrogen and oxygen atoms in total. The normalized spacial score (nSPS) is 15.9. The number of fused-ring (bicyclic) bond motifs is 1. The minimum atomic E-state index is 0.0181. The zero-order chi connectivity index (χ0) is 11.7. The molecule has 0 unspecified atom stereocenters. The van der Waals surface area contributed by atoms with Gasteiger partial charge in [-0.2, -0.15) is 0 Å². The lowest BCUT2D eigenvalue weighted by Crippen LogP contribution is -2.09. The van der Waals surface area contributed by atoms with E-state index in [-0.39, 0.29) is 5.56 Å². The van der Waals surface area contributed by atoms with Gasteiger partial charge in [0.05, 0.1) is 0 Å². The molecular formula is C15H15NO. The Labute approximate surface area is 100.0 Å². The molecule has 0 radical (unpaired) electrons. The van der Waals surface area contributed by atoms with Crippen LogP contribution in [0.25, 0.3) is 16.3 Å². The highest BCUT2D eigenvalue weighted by molar-refractivity contribution is 5.84. The van der Waals surface area contributed by atoms with Gasteiger partial charge >= 0.3 is 0 Å². The van der Waals surface area contributed by atoms with Crippen molar-refractivity contribution in [2.45, 2.75) is 25.7 Å². The maximum absolute atomic E-state index is 12.0. The Morgan fingerprint density at radius 1 is 1.12 bits per heavy atom. The van der Waals surface area contributed by atoms with Crippen LogP contribution in [0.2, 0.25) is 0 Å². The lowest BCUT2D eigenvalue weighted by atomic mass is 9.96. The Morgan fingerprint density at radius 2 is 2.00 bits per heavy atom. The maximum Gasteiger partial charge on any atom is 0.256 e. The van der Waals surface area contributed by atoms with Gasteiger partial charge in [-0.25, -0.2) is 0 Å². The van der Waals surface area contributed by atoms with Crippen LogP contribution in [0.5, 0.6) is 0 Å². The number of rotatable bonds is 1. The van der Waals surface area contributed by atoms with E-state index >= 15 is 0 Å². The molecule has 0 fully saturated rings. The number of hydrogen-bond acceptors (Lipinski definition) is 1. The van der Waals surface area contributed by atoms with Crippen LogP contribution in [0.3, 0.4) is 0 Å². The van der Waals surface area contributed by atoms with Crippen molar-refractivity contribution in [2.24, 2.45) is 0 Å². The average Bonchev–Trinajstić information content (AvgIpc) is 2.40. The van der Waals surface area contributed by atoms with E-state index in [0.717, 1.165) is 29.3 Å². The fraction of sp³-hybridized carbons (Fsp3) is 0.267. The Kier molecular flexibility index (Phi) is 2.56. The molecule has 2 aromatic rings. The van der Waals surface area contributed by atoms with Crippen LogP contribution in [0, 0.1) is 0 Å². The summed E-state index contributed by atoms with van der Waals surface area (Å²) in [6, 6.07) is 9.83. The number of aromatic amines is 1. The quantitative estimate of drug-likeness (QED) is 0.791. The molecule has 0 bridgehead atoms. The number of benzene rings is 1. The van der Waals surface area contributed by atoms with Crippen LogP contribution < -0.4 is 5.56 Å². The first-order valence-electron chi connectivity index (χ1n) is 6.16. The largest absolute Gasteiger partial charge is 0.322 e. The molecule has 0 aliphatic heterocycles. The predicted molar refractivity (Wildman–Crippen MR) is 71.0 cm³/mol. The lowest BCUT2D eigenvalue weighted by molar-refractivity contribution is 0.740. The summed E-state index contributed by atoms with van der Waals surface area (Å²) in [6.07, 6.45) is 6.95. The van der Waals surface area contributed by atoms with E-state index in [2.05, 4.69) is 17.1 Å². The molecule has 1 aliphatic rings. The fourth-order valence-electron chi connectivity index (χ4n) is 2.47. The summed E-state index contributed by atoms with van der Waals surface area (Å²) in [6.45, 7) is 0. The Morgan fingerprint density at radius 3 is 2.82 bits per heavy atom. The first kappa shape index (κ1) is 10.3. The predicted octanol–water partition coefficient (Wildman–Crippen LogP) is 3.49. The second kappa shape index (κ2) is 4.21. The molecule has 0 saturated heterocycles. The summed E-state index contributed by atoms with van der Waals surface area (Å²) in [5.41, 5.74) is 2.30. The van der Waals surface area contributed by atoms with Gasteiger partial charge in [0.2, 0.25) is 0 Å². The van der Waals surface area contributed by atoms with Crippen molar-refractivity contribution >= 4 is 16.3 Å². The fourth-order valence-corrected chi connectivity index (χ4v) is 2.47. The van der Waals surface area contributed by atoms with Gasteiger partial charge in [-0.1, -0.05) is 24.3 Å². The van der Waals surface area contributed by atoms with E-state index in [1.165, 1.54) is 18.4 Å². The summed E-state index contributed by atoms with van der Waals surface area (Å²) in [5, 5.41) is 1.80. The summed E-state index contributed by atoms with van der Waals surface area (Å²) in [5.74, 6) is 0. The van der Waals surface area contributed by atoms with Crippen molar-refractivity contribution in [3.8, 4) is 0 Å². The van der Waals surface area contributed by atoms with Gasteiger partial charge in [-0.15, -0.1) is 0 Å². The van der Waals surface area contributed by atoms with Gasteiger partial charge in [0, 0.05) is 11.1 Å². The van der Waals surface area contributed by atoms with Gasteiger partial charge in [0.1, 0.15) is 0 Å². The van der Waals surface area contributed by atoms with Crippen LogP contribution in [-0.2, 0) is 0 Å². The Hall–Kier alpha value is -1.83. The van der Waals surface area contributed by atoms with E-state index in [1.807, 2.05) is 24.3 Å². The molecule has 2 heteroatoms. The van der Waals surface area contributed by atoms with Crippen molar-refractivity contribution in [1.82, 2.24) is 4.98 Å². The molecule has 17 heavy (non-hydrogen) atoms. The van der Waals surface area contributed by atoms with Gasteiger partial charge in [-0.3, -0.25) is 4.79 Å². The van der Waals surface area contributed by atoms with Crippen molar-refractivity contribution in [1.29, 1.82) is 0 Å². The lowest BCUT2D eigenvalue weighted by Gasteiger charge is -2.13. The third-order valence-electron chi connectivity index (χ3n) is 3.39. The molecule has 1 aromatic heterocycles. The Balaban J connectivity index is 2.18. The molecule has 1 aliphatic carbocycles. The highest BCUT2D eigenvalue weighted by atomic mass is 16.1. The number of allylic oxidation sites excluding steroid dienone is 2. The van der Waals surface area contributed by atoms with E-state index in [9.17, 15) is 4.79 Å². The number of aromatic nitrogens is 1. The molecule has 1 aromatic carbocycles. The topological polar surface area (TPSA) is 32.9 Å². The van der Waals surface area contributed by atoms with Crippen molar-refractivity contribution in [3.05, 3.63) is 52.5 Å². The van der Waals surface area contributed by atoms with E-state index in [4.69, 9.17) is 0 Å². The second-order valence-corrected chi connectivity index (χ2v) is 4.57. The van der Waals surface area contributed by atoms with Crippen LogP contribution in [0.1, 0.15) is 31.4 Å². The highest BCUT2D eigenvalue weighted by Gasteiger charge is 2.08. The first-order chi connectivity index (χ1) is 8.34. The second-order valence-electron chi connectivity index (χ2n) is 4.57. The standard InChI is InChI=1S/C15H15NO/c17-15-13-9-5-4-8-12(13)10-14(16-15)11-6-2-1-3-7-11/h4-6,8-10H,1-3,7H2,(H,16,17). The summed E-state index contributed by atoms with van der Waals surface area (Å²) in [4.78, 5) is 15.0. The number of hydrogen-bond donors (Lipinski definition) is 1. The molecular weight excluding hydrogens is 210 g/mol. The van der Waals surface area contributed by atoms with Gasteiger partial charge < -0.3 is 4.98 Å². The van der Waals surface area contributed by atoms with Crippen molar-refractivity contribution in [3.63, 3.8) is 0 Å². The molecule has 0 saturated carbocycles. The Bertz CT molecular complexity index is 637. The zero-order valence-corrected chi connectivity index (χ0v) is 9.70. The molecule has 0 spiro atoms. The van der Waals surface area contributed by atoms with Gasteiger partial charge in [0.15, 0.2) is 0 Å². The van der Waals surface area contributed by atoms with Crippen LogP contribution >= 0.6 is 0 Å². The molecule has 1 N–H and O–H groups in total. The molecule has 0 atom stereocenters.